The molecule has 0 spiro atoms. The molecule has 1 atom stereocenters. The highest BCUT2D eigenvalue weighted by Crippen LogP contribution is 2.44. The van der Waals surface area contributed by atoms with Crippen LogP contribution in [0.25, 0.3) is 0 Å². The quantitative estimate of drug-likeness (QED) is 0.555. The van der Waals surface area contributed by atoms with Crippen molar-refractivity contribution in [2.45, 2.75) is 61.8 Å². The lowest BCUT2D eigenvalue weighted by Crippen LogP contribution is -2.58. The maximum absolute atomic E-state index is 13.8. The van der Waals surface area contributed by atoms with Gasteiger partial charge >= 0.3 is 6.18 Å². The lowest BCUT2D eigenvalue weighted by Gasteiger charge is -2.44. The van der Waals surface area contributed by atoms with Gasteiger partial charge in [-0.3, -0.25) is 9.69 Å². The van der Waals surface area contributed by atoms with Gasteiger partial charge in [0.25, 0.3) is 0 Å². The first-order chi connectivity index (χ1) is 16.5. The van der Waals surface area contributed by atoms with Crippen molar-refractivity contribution in [3.05, 3.63) is 71.3 Å². The topological polar surface area (TPSA) is 52.6 Å². The number of likely N-dealkylation sites (tertiary alicyclic amines) is 1. The number of carbonyl (C=O) groups is 1. The van der Waals surface area contributed by atoms with Crippen LogP contribution in [0, 0.1) is 11.6 Å². The standard InChI is InChI=1S/C26H29F5N2O2/c27-20-7-5-19(6-8-20)24(9-2-10-24)23(34)32-17-22(16-18-3-1-4-21(28)15-18)33-13-11-25(35,12-14-33)26(29,30)31/h1,3-8,15,22,35H,2,9-14,16-17H2,(H,32,34)/t22-/m1/s1. The van der Waals surface area contributed by atoms with E-state index in [1.807, 2.05) is 4.90 Å². The molecule has 2 aromatic carbocycles. The molecule has 2 N–H and O–H groups in total. The first-order valence-corrected chi connectivity index (χ1v) is 11.8. The van der Waals surface area contributed by atoms with Gasteiger partial charge in [-0.25, -0.2) is 8.78 Å². The number of piperidine rings is 1. The van der Waals surface area contributed by atoms with Gasteiger partial charge in [-0.15, -0.1) is 0 Å². The van der Waals surface area contributed by atoms with Crippen LogP contribution in [0.2, 0.25) is 0 Å². The number of alkyl halides is 3. The van der Waals surface area contributed by atoms with Gasteiger partial charge in [0.2, 0.25) is 5.91 Å². The average molecular weight is 497 g/mol. The summed E-state index contributed by atoms with van der Waals surface area (Å²) in [6.07, 6.45) is -3.21. The van der Waals surface area contributed by atoms with Crippen molar-refractivity contribution in [2.24, 2.45) is 0 Å². The smallest absolute Gasteiger partial charge is 0.380 e. The second-order valence-corrected chi connectivity index (χ2v) is 9.71. The van der Waals surface area contributed by atoms with Crippen LogP contribution in [0.15, 0.2) is 48.5 Å². The molecule has 2 aliphatic rings. The van der Waals surface area contributed by atoms with Crippen molar-refractivity contribution < 1.29 is 31.9 Å². The van der Waals surface area contributed by atoms with Crippen molar-refractivity contribution in [2.75, 3.05) is 19.6 Å². The Balaban J connectivity index is 1.48. The number of nitrogens with one attached hydrogen (secondary N) is 1. The first-order valence-electron chi connectivity index (χ1n) is 11.8. The average Bonchev–Trinajstić information content (AvgIpc) is 2.77. The summed E-state index contributed by atoms with van der Waals surface area (Å²) in [5.41, 5.74) is -2.08. The predicted molar refractivity (Wildman–Crippen MR) is 121 cm³/mol. The van der Waals surface area contributed by atoms with Gasteiger partial charge < -0.3 is 10.4 Å². The van der Waals surface area contributed by atoms with E-state index in [1.165, 1.54) is 24.3 Å². The summed E-state index contributed by atoms with van der Waals surface area (Å²) < 4.78 is 67.0. The van der Waals surface area contributed by atoms with Crippen LogP contribution < -0.4 is 5.32 Å². The highest BCUT2D eigenvalue weighted by Gasteiger charge is 2.55. The van der Waals surface area contributed by atoms with Crippen molar-refractivity contribution in [1.29, 1.82) is 0 Å². The van der Waals surface area contributed by atoms with Crippen LogP contribution in [-0.2, 0) is 16.6 Å². The second-order valence-electron chi connectivity index (χ2n) is 9.71. The first kappa shape index (κ1) is 25.6. The van der Waals surface area contributed by atoms with E-state index in [0.29, 0.717) is 24.8 Å². The van der Waals surface area contributed by atoms with Gasteiger partial charge in [0.15, 0.2) is 5.60 Å². The minimum atomic E-state index is -4.71. The highest BCUT2D eigenvalue weighted by atomic mass is 19.4. The van der Waals surface area contributed by atoms with Crippen molar-refractivity contribution in [1.82, 2.24) is 10.2 Å². The zero-order valence-corrected chi connectivity index (χ0v) is 19.3. The fourth-order valence-corrected chi connectivity index (χ4v) is 5.13. The van der Waals surface area contributed by atoms with Gasteiger partial charge in [0.1, 0.15) is 11.6 Å². The van der Waals surface area contributed by atoms with Gasteiger partial charge in [-0.05, 0) is 67.5 Å². The van der Waals surface area contributed by atoms with E-state index < -0.39 is 35.9 Å². The lowest BCUT2D eigenvalue weighted by molar-refractivity contribution is -0.273. The number of hydrogen-bond acceptors (Lipinski definition) is 3. The van der Waals surface area contributed by atoms with Crippen molar-refractivity contribution >= 4 is 5.91 Å². The molecule has 1 amide bonds. The monoisotopic (exact) mass is 496 g/mol. The SMILES string of the molecule is O=C(NC[C@@H](Cc1cccc(F)c1)N1CCC(O)(C(F)(F)F)CC1)C1(c2ccc(F)cc2)CCC1. The highest BCUT2D eigenvalue weighted by molar-refractivity contribution is 5.89. The molecule has 0 aromatic heterocycles. The van der Waals surface area contributed by atoms with Gasteiger partial charge in [-0.1, -0.05) is 30.7 Å². The van der Waals surface area contributed by atoms with Crippen LogP contribution in [0.3, 0.4) is 0 Å². The molecular formula is C26H29F5N2O2. The molecule has 0 bridgehead atoms. The fourth-order valence-electron chi connectivity index (χ4n) is 5.13. The van der Waals surface area contributed by atoms with E-state index in [4.69, 9.17) is 0 Å². The Morgan fingerprint density at radius 1 is 1.00 bits per heavy atom. The Bertz CT molecular complexity index is 1030. The van der Waals surface area contributed by atoms with Crippen LogP contribution >= 0.6 is 0 Å². The van der Waals surface area contributed by atoms with Gasteiger partial charge in [-0.2, -0.15) is 13.2 Å². The number of halogens is 5. The molecule has 4 nitrogen and oxygen atoms in total. The third-order valence-electron chi connectivity index (χ3n) is 7.57. The summed E-state index contributed by atoms with van der Waals surface area (Å²) in [7, 11) is 0. The van der Waals surface area contributed by atoms with Crippen LogP contribution in [0.5, 0.6) is 0 Å². The molecule has 2 fully saturated rings. The molecule has 0 radical (unpaired) electrons. The van der Waals surface area contributed by atoms with Gasteiger partial charge in [0.05, 0.1) is 5.41 Å². The van der Waals surface area contributed by atoms with Crippen LogP contribution in [0.1, 0.15) is 43.2 Å². The maximum atomic E-state index is 13.8. The maximum Gasteiger partial charge on any atom is 0.417 e. The number of amides is 1. The summed E-state index contributed by atoms with van der Waals surface area (Å²) in [5.74, 6) is -1.01. The molecule has 1 aliphatic carbocycles. The van der Waals surface area contributed by atoms with E-state index in [1.54, 1.807) is 24.3 Å². The number of benzene rings is 2. The van der Waals surface area contributed by atoms with E-state index in [0.717, 1.165) is 12.0 Å². The fraction of sp³-hybridized carbons (Fsp3) is 0.500. The third-order valence-corrected chi connectivity index (χ3v) is 7.57. The zero-order valence-electron chi connectivity index (χ0n) is 19.3. The molecule has 1 heterocycles. The Labute approximate surface area is 201 Å². The van der Waals surface area contributed by atoms with Crippen LogP contribution in [-0.4, -0.2) is 53.4 Å². The summed E-state index contributed by atoms with van der Waals surface area (Å²) >= 11 is 0. The number of hydrogen-bond donors (Lipinski definition) is 2. The minimum Gasteiger partial charge on any atom is -0.380 e. The Kier molecular flexibility index (Phi) is 7.20. The predicted octanol–water partition coefficient (Wildman–Crippen LogP) is 4.50. The normalized spacial score (nSPS) is 20.6. The molecule has 4 rings (SSSR count). The van der Waals surface area contributed by atoms with E-state index in [2.05, 4.69) is 5.32 Å². The van der Waals surface area contributed by atoms with E-state index in [9.17, 15) is 31.9 Å². The molecule has 1 saturated heterocycles. The molecule has 190 valence electrons. The summed E-state index contributed by atoms with van der Waals surface area (Å²) in [6, 6.07) is 11.5. The minimum absolute atomic E-state index is 0.00499. The van der Waals surface area contributed by atoms with Crippen molar-refractivity contribution in [3.8, 4) is 0 Å². The molecule has 2 aromatic rings. The molecular weight excluding hydrogens is 467 g/mol. The summed E-state index contributed by atoms with van der Waals surface area (Å²) in [6.45, 7) is 0.146. The Morgan fingerprint density at radius 2 is 1.66 bits per heavy atom. The molecule has 1 aliphatic heterocycles. The van der Waals surface area contributed by atoms with E-state index >= 15 is 0 Å². The third kappa shape index (κ3) is 5.35. The number of rotatable bonds is 7. The second kappa shape index (κ2) is 9.85. The van der Waals surface area contributed by atoms with E-state index in [-0.39, 0.29) is 37.4 Å². The van der Waals surface area contributed by atoms with Gasteiger partial charge in [0, 0.05) is 25.7 Å². The zero-order chi connectivity index (χ0) is 25.3. The Morgan fingerprint density at radius 3 is 2.20 bits per heavy atom. The number of aliphatic hydroxyl groups is 1. The summed E-state index contributed by atoms with van der Waals surface area (Å²) in [5, 5.41) is 13.0. The Hall–Kier alpha value is -2.52. The molecule has 0 unspecified atom stereocenters. The molecule has 9 heteroatoms. The van der Waals surface area contributed by atoms with Crippen molar-refractivity contribution in [3.63, 3.8) is 0 Å². The van der Waals surface area contributed by atoms with Crippen LogP contribution in [0.4, 0.5) is 22.0 Å². The number of nitrogens with zero attached hydrogens (tertiary/aromatic N) is 1. The largest absolute Gasteiger partial charge is 0.417 e. The lowest BCUT2D eigenvalue weighted by atomic mass is 9.64. The summed E-state index contributed by atoms with van der Waals surface area (Å²) in [4.78, 5) is 15.1. The molecule has 1 saturated carbocycles. The number of carbonyl (C=O) groups excluding carboxylic acids is 1. The molecule has 35 heavy (non-hydrogen) atoms.